The van der Waals surface area contributed by atoms with Gasteiger partial charge in [-0.25, -0.2) is 4.98 Å². The van der Waals surface area contributed by atoms with Crippen molar-refractivity contribution in [1.82, 2.24) is 10.3 Å². The smallest absolute Gasteiger partial charge is 0.161 e. The van der Waals surface area contributed by atoms with E-state index >= 15 is 0 Å². The molecular weight excluding hydrogens is 272 g/mol. The van der Waals surface area contributed by atoms with Crippen LogP contribution >= 0.6 is 11.3 Å². The number of hydrogen-bond acceptors (Lipinski definition) is 5. The number of nitrogens with zero attached hydrogens (tertiary/aromatic N) is 1. The summed E-state index contributed by atoms with van der Waals surface area (Å²) in [6.45, 7) is 6.44. The molecule has 2 N–H and O–H groups in total. The van der Waals surface area contributed by atoms with Crippen molar-refractivity contribution < 1.29 is 9.84 Å². The maximum absolute atomic E-state index is 9.71. The van der Waals surface area contributed by atoms with Crippen LogP contribution in [0.25, 0.3) is 10.6 Å². The lowest BCUT2D eigenvalue weighted by Gasteiger charge is -2.06. The van der Waals surface area contributed by atoms with Gasteiger partial charge in [0.15, 0.2) is 11.5 Å². The van der Waals surface area contributed by atoms with Gasteiger partial charge >= 0.3 is 0 Å². The van der Waals surface area contributed by atoms with Gasteiger partial charge in [-0.1, -0.05) is 6.92 Å². The molecule has 2 aromatic rings. The molecule has 4 nitrogen and oxygen atoms in total. The molecular formula is C15H20N2O2S. The van der Waals surface area contributed by atoms with Crippen molar-refractivity contribution in [3.05, 3.63) is 29.3 Å². The summed E-state index contributed by atoms with van der Waals surface area (Å²) in [7, 11) is 0. The Bertz CT molecular complexity index is 555. The van der Waals surface area contributed by atoms with Crippen molar-refractivity contribution in [3.8, 4) is 22.1 Å². The molecule has 0 atom stereocenters. The number of benzene rings is 1. The summed E-state index contributed by atoms with van der Waals surface area (Å²) >= 11 is 1.66. The van der Waals surface area contributed by atoms with Gasteiger partial charge in [0, 0.05) is 23.2 Å². The molecule has 0 aliphatic rings. The van der Waals surface area contributed by atoms with Gasteiger partial charge in [0.25, 0.3) is 0 Å². The van der Waals surface area contributed by atoms with Gasteiger partial charge < -0.3 is 15.2 Å². The Kier molecular flexibility index (Phi) is 5.38. The van der Waals surface area contributed by atoms with Crippen LogP contribution in [0, 0.1) is 0 Å². The fraction of sp³-hybridized carbons (Fsp3) is 0.400. The van der Waals surface area contributed by atoms with Gasteiger partial charge in [-0.2, -0.15) is 0 Å². The second-order valence-corrected chi connectivity index (χ2v) is 5.54. The normalized spacial score (nSPS) is 10.7. The first-order chi connectivity index (χ1) is 9.74. The number of ether oxygens (including phenoxy) is 1. The van der Waals surface area contributed by atoms with E-state index in [2.05, 4.69) is 17.2 Å². The molecule has 0 saturated heterocycles. The molecule has 0 aliphatic heterocycles. The summed E-state index contributed by atoms with van der Waals surface area (Å²) in [5.74, 6) is 0.669. The van der Waals surface area contributed by atoms with Crippen LogP contribution in [0.15, 0.2) is 24.4 Å². The van der Waals surface area contributed by atoms with E-state index in [9.17, 15) is 5.11 Å². The van der Waals surface area contributed by atoms with Crippen molar-refractivity contribution in [2.75, 3.05) is 13.2 Å². The van der Waals surface area contributed by atoms with E-state index in [4.69, 9.17) is 4.74 Å². The van der Waals surface area contributed by atoms with Crippen molar-refractivity contribution in [2.45, 2.75) is 26.8 Å². The first-order valence-corrected chi connectivity index (χ1v) is 7.67. The number of phenols is 1. The minimum atomic E-state index is 0.164. The fourth-order valence-corrected chi connectivity index (χ4v) is 2.71. The Morgan fingerprint density at radius 1 is 1.35 bits per heavy atom. The van der Waals surface area contributed by atoms with Crippen LogP contribution in [-0.2, 0) is 6.54 Å². The number of phenolic OH excluding ortho intramolecular Hbond substituents is 1. The monoisotopic (exact) mass is 292 g/mol. The topological polar surface area (TPSA) is 54.4 Å². The van der Waals surface area contributed by atoms with Gasteiger partial charge in [-0.3, -0.25) is 0 Å². The van der Waals surface area contributed by atoms with E-state index in [1.807, 2.05) is 25.3 Å². The van der Waals surface area contributed by atoms with Gasteiger partial charge in [0.1, 0.15) is 5.01 Å². The average Bonchev–Trinajstić information content (AvgIpc) is 2.91. The Morgan fingerprint density at radius 3 is 2.95 bits per heavy atom. The summed E-state index contributed by atoms with van der Waals surface area (Å²) in [5, 5.41) is 14.0. The van der Waals surface area contributed by atoms with Crippen LogP contribution in [0.5, 0.6) is 11.5 Å². The van der Waals surface area contributed by atoms with E-state index in [0.717, 1.165) is 30.1 Å². The zero-order valence-corrected chi connectivity index (χ0v) is 12.7. The number of rotatable bonds is 7. The predicted octanol–water partition coefficient (Wildman–Crippen LogP) is 3.41. The van der Waals surface area contributed by atoms with Gasteiger partial charge in [0.05, 0.1) is 6.61 Å². The van der Waals surface area contributed by atoms with Crippen molar-refractivity contribution in [1.29, 1.82) is 0 Å². The molecule has 0 saturated carbocycles. The van der Waals surface area contributed by atoms with E-state index < -0.39 is 0 Å². The van der Waals surface area contributed by atoms with E-state index in [-0.39, 0.29) is 5.75 Å². The summed E-state index contributed by atoms with van der Waals surface area (Å²) in [5.41, 5.74) is 0.970. The zero-order valence-electron chi connectivity index (χ0n) is 11.8. The molecule has 20 heavy (non-hydrogen) atoms. The lowest BCUT2D eigenvalue weighted by atomic mass is 10.2. The lowest BCUT2D eigenvalue weighted by molar-refractivity contribution is 0.318. The minimum Gasteiger partial charge on any atom is -0.504 e. The second kappa shape index (κ2) is 7.26. The lowest BCUT2D eigenvalue weighted by Crippen LogP contribution is -2.12. The zero-order chi connectivity index (χ0) is 14.4. The van der Waals surface area contributed by atoms with Crippen LogP contribution in [0.4, 0.5) is 0 Å². The highest BCUT2D eigenvalue weighted by Crippen LogP contribution is 2.33. The first kappa shape index (κ1) is 14.8. The van der Waals surface area contributed by atoms with Crippen molar-refractivity contribution in [3.63, 3.8) is 0 Å². The van der Waals surface area contributed by atoms with Crippen LogP contribution in [0.1, 0.15) is 25.1 Å². The summed E-state index contributed by atoms with van der Waals surface area (Å²) in [6, 6.07) is 5.34. The standard InChI is InChI=1S/C15H20N2O2S/c1-3-7-16-9-12-10-17-15(20-12)11-5-6-13(18)14(8-11)19-4-2/h5-6,8,10,16,18H,3-4,7,9H2,1-2H3. The highest BCUT2D eigenvalue weighted by molar-refractivity contribution is 7.15. The summed E-state index contributed by atoms with van der Waals surface area (Å²) < 4.78 is 5.40. The molecule has 0 bridgehead atoms. The minimum absolute atomic E-state index is 0.164. The number of aromatic nitrogens is 1. The van der Waals surface area contributed by atoms with Crippen LogP contribution < -0.4 is 10.1 Å². The second-order valence-electron chi connectivity index (χ2n) is 4.42. The maximum Gasteiger partial charge on any atom is 0.161 e. The molecule has 1 aromatic carbocycles. The summed E-state index contributed by atoms with van der Waals surface area (Å²) in [6.07, 6.45) is 3.03. The van der Waals surface area contributed by atoms with Crippen molar-refractivity contribution in [2.24, 2.45) is 0 Å². The largest absolute Gasteiger partial charge is 0.504 e. The predicted molar refractivity (Wildman–Crippen MR) is 82.4 cm³/mol. The Hall–Kier alpha value is -1.59. The van der Waals surface area contributed by atoms with E-state index in [1.54, 1.807) is 17.4 Å². The molecule has 0 aliphatic carbocycles. The molecule has 0 radical (unpaired) electrons. The van der Waals surface area contributed by atoms with Crippen LogP contribution in [-0.4, -0.2) is 23.2 Å². The third-order valence-electron chi connectivity index (χ3n) is 2.79. The Labute approximate surface area is 123 Å². The number of nitrogens with one attached hydrogen (secondary N) is 1. The van der Waals surface area contributed by atoms with Crippen molar-refractivity contribution >= 4 is 11.3 Å². The van der Waals surface area contributed by atoms with Crippen LogP contribution in [0.2, 0.25) is 0 Å². The first-order valence-electron chi connectivity index (χ1n) is 6.86. The maximum atomic E-state index is 9.71. The van der Waals surface area contributed by atoms with E-state index in [1.165, 1.54) is 4.88 Å². The molecule has 1 heterocycles. The summed E-state index contributed by atoms with van der Waals surface area (Å²) in [4.78, 5) is 5.65. The highest BCUT2D eigenvalue weighted by Gasteiger charge is 2.09. The highest BCUT2D eigenvalue weighted by atomic mass is 32.1. The van der Waals surface area contributed by atoms with Crippen LogP contribution in [0.3, 0.4) is 0 Å². The van der Waals surface area contributed by atoms with Gasteiger partial charge in [-0.15, -0.1) is 11.3 Å². The molecule has 0 fully saturated rings. The van der Waals surface area contributed by atoms with Gasteiger partial charge in [0.2, 0.25) is 0 Å². The third-order valence-corrected chi connectivity index (χ3v) is 3.83. The SMILES string of the molecule is CCCNCc1cnc(-c2ccc(O)c(OCC)c2)s1. The van der Waals surface area contributed by atoms with Gasteiger partial charge in [-0.05, 0) is 38.1 Å². The fourth-order valence-electron chi connectivity index (χ4n) is 1.83. The molecule has 5 heteroatoms. The molecule has 2 rings (SSSR count). The molecule has 0 unspecified atom stereocenters. The third kappa shape index (κ3) is 3.71. The average molecular weight is 292 g/mol. The number of hydrogen-bond donors (Lipinski definition) is 2. The number of aromatic hydroxyl groups is 1. The van der Waals surface area contributed by atoms with E-state index in [0.29, 0.717) is 12.4 Å². The Balaban J connectivity index is 2.13. The quantitative estimate of drug-likeness (QED) is 0.768. The number of thiazole rings is 1. The molecule has 0 amide bonds. The molecule has 1 aromatic heterocycles. The molecule has 108 valence electrons. The molecule has 0 spiro atoms. The Morgan fingerprint density at radius 2 is 2.20 bits per heavy atom.